The topological polar surface area (TPSA) is 57.2 Å². The number of rotatable bonds is 10. The van der Waals surface area contributed by atoms with E-state index in [1.807, 2.05) is 24.3 Å². The molecule has 6 rings (SSSR count). The quantitative estimate of drug-likeness (QED) is 0.197. The molecule has 214 valence electrons. The van der Waals surface area contributed by atoms with Crippen molar-refractivity contribution in [3.63, 3.8) is 0 Å². The largest absolute Gasteiger partial charge is 0.497 e. The Kier molecular flexibility index (Phi) is 7.62. The average molecular weight is 562 g/mol. The van der Waals surface area contributed by atoms with Gasteiger partial charge in [-0.1, -0.05) is 36.4 Å². The predicted molar refractivity (Wildman–Crippen MR) is 166 cm³/mol. The molecule has 0 amide bonds. The number of hydrogen-bond donors (Lipinski definition) is 0. The van der Waals surface area contributed by atoms with Gasteiger partial charge in [-0.15, -0.1) is 0 Å². The van der Waals surface area contributed by atoms with Crippen molar-refractivity contribution in [1.29, 1.82) is 0 Å². The Balaban J connectivity index is 1.45. The van der Waals surface area contributed by atoms with Crippen molar-refractivity contribution in [3.05, 3.63) is 102 Å². The summed E-state index contributed by atoms with van der Waals surface area (Å²) in [6, 6.07) is 28.8. The fourth-order valence-corrected chi connectivity index (χ4v) is 5.80. The van der Waals surface area contributed by atoms with Crippen LogP contribution in [-0.2, 0) is 4.79 Å². The molecule has 6 nitrogen and oxygen atoms in total. The highest BCUT2D eigenvalue weighted by molar-refractivity contribution is 5.96. The van der Waals surface area contributed by atoms with Crippen LogP contribution in [0.15, 0.2) is 84.9 Å². The first-order valence-electron chi connectivity index (χ1n) is 14.2. The molecule has 1 aliphatic carbocycles. The number of fused-ring (bicyclic) bond motifs is 1. The number of carbonyl (C=O) groups is 1. The summed E-state index contributed by atoms with van der Waals surface area (Å²) in [6.45, 7) is 0. The van der Waals surface area contributed by atoms with E-state index in [2.05, 4.69) is 71.6 Å². The van der Waals surface area contributed by atoms with E-state index in [-0.39, 0.29) is 12.0 Å². The molecule has 1 unspecified atom stereocenters. The monoisotopic (exact) mass is 561 g/mol. The van der Waals surface area contributed by atoms with Gasteiger partial charge in [0.25, 0.3) is 0 Å². The molecule has 1 atom stereocenters. The molecular weight excluding hydrogens is 526 g/mol. The Morgan fingerprint density at radius 1 is 0.738 bits per heavy atom. The first-order valence-corrected chi connectivity index (χ1v) is 14.2. The van der Waals surface area contributed by atoms with Crippen molar-refractivity contribution >= 4 is 23.2 Å². The van der Waals surface area contributed by atoms with Gasteiger partial charge in [0.05, 0.1) is 34.5 Å². The van der Waals surface area contributed by atoms with Gasteiger partial charge in [0.2, 0.25) is 5.75 Å². The van der Waals surface area contributed by atoms with Crippen LogP contribution in [0.25, 0.3) is 22.9 Å². The van der Waals surface area contributed by atoms with Gasteiger partial charge in [0.1, 0.15) is 11.5 Å². The molecule has 42 heavy (non-hydrogen) atoms. The molecule has 0 saturated heterocycles. The Morgan fingerprint density at radius 3 is 1.98 bits per heavy atom. The molecule has 0 bridgehead atoms. The number of ether oxygens (including phenoxy) is 4. The number of ketones is 1. The van der Waals surface area contributed by atoms with E-state index >= 15 is 0 Å². The summed E-state index contributed by atoms with van der Waals surface area (Å²) in [4.78, 5) is 15.6. The van der Waals surface area contributed by atoms with Gasteiger partial charge in [0, 0.05) is 23.7 Å². The van der Waals surface area contributed by atoms with Crippen LogP contribution in [0.1, 0.15) is 42.0 Å². The summed E-state index contributed by atoms with van der Waals surface area (Å²) >= 11 is 0. The third kappa shape index (κ3) is 5.20. The van der Waals surface area contributed by atoms with E-state index in [0.29, 0.717) is 29.5 Å². The Morgan fingerprint density at radius 2 is 1.38 bits per heavy atom. The van der Waals surface area contributed by atoms with Crippen LogP contribution in [0.4, 0.5) is 5.69 Å². The summed E-state index contributed by atoms with van der Waals surface area (Å²) in [5.74, 6) is 3.10. The van der Waals surface area contributed by atoms with Crippen LogP contribution < -0.4 is 23.8 Å². The maximum Gasteiger partial charge on any atom is 0.203 e. The zero-order chi connectivity index (χ0) is 29.2. The Hall–Kier alpha value is -4.71. The maximum atomic E-state index is 13.3. The number of carbonyl (C=O) groups excluding carboxylic acids is 1. The van der Waals surface area contributed by atoms with Crippen LogP contribution in [0.5, 0.6) is 23.0 Å². The second-order valence-corrected chi connectivity index (χ2v) is 10.7. The highest BCUT2D eigenvalue weighted by atomic mass is 16.5. The van der Waals surface area contributed by atoms with Crippen LogP contribution in [0.3, 0.4) is 0 Å². The number of benzene rings is 4. The molecule has 2 aliphatic rings. The molecule has 0 radical (unpaired) electrons. The first-order chi connectivity index (χ1) is 20.5. The van der Waals surface area contributed by atoms with Gasteiger partial charge >= 0.3 is 0 Å². The van der Waals surface area contributed by atoms with Gasteiger partial charge in [-0.05, 0) is 95.3 Å². The smallest absolute Gasteiger partial charge is 0.203 e. The third-order valence-corrected chi connectivity index (χ3v) is 8.17. The Labute approximate surface area is 247 Å². The molecule has 1 fully saturated rings. The number of hydrogen-bond acceptors (Lipinski definition) is 6. The molecule has 4 aromatic carbocycles. The van der Waals surface area contributed by atoms with Crippen LogP contribution in [0, 0.1) is 5.92 Å². The van der Waals surface area contributed by atoms with E-state index in [1.165, 1.54) is 0 Å². The predicted octanol–water partition coefficient (Wildman–Crippen LogP) is 7.82. The van der Waals surface area contributed by atoms with Crippen molar-refractivity contribution in [1.82, 2.24) is 0 Å². The highest BCUT2D eigenvalue weighted by Crippen LogP contribution is 2.46. The molecule has 1 saturated carbocycles. The standard InChI is InChI=1S/C36H35NO5/c1-39-29-17-13-24(14-18-29)31-19-26-7-5-6-8-30(26)32(22-33(38)25-9-10-25)37(31)28-15-11-23(12-16-28)27-20-34(40-2)36(42-4)35(21-27)41-3/h5-8,11-21,25,32H,9-10,22H2,1-4H3. The normalized spacial score (nSPS) is 15.9. The average Bonchev–Trinajstić information content (AvgIpc) is 3.90. The van der Waals surface area contributed by atoms with E-state index in [0.717, 1.165) is 57.8 Å². The summed E-state index contributed by atoms with van der Waals surface area (Å²) in [5, 5.41) is 0. The minimum atomic E-state index is -0.122. The van der Waals surface area contributed by atoms with Gasteiger partial charge < -0.3 is 23.8 Å². The summed E-state index contributed by atoms with van der Waals surface area (Å²) in [6.07, 6.45) is 4.68. The second kappa shape index (κ2) is 11.6. The summed E-state index contributed by atoms with van der Waals surface area (Å²) in [7, 11) is 6.51. The lowest BCUT2D eigenvalue weighted by atomic mass is 9.87. The molecule has 4 aromatic rings. The number of methoxy groups -OCH3 is 4. The van der Waals surface area contributed by atoms with E-state index in [1.54, 1.807) is 28.4 Å². The van der Waals surface area contributed by atoms with Crippen LogP contribution in [-0.4, -0.2) is 34.2 Å². The van der Waals surface area contributed by atoms with Crippen molar-refractivity contribution < 1.29 is 23.7 Å². The van der Waals surface area contributed by atoms with E-state index in [4.69, 9.17) is 18.9 Å². The van der Waals surface area contributed by atoms with Gasteiger partial charge in [-0.25, -0.2) is 0 Å². The molecule has 0 aromatic heterocycles. The van der Waals surface area contributed by atoms with Crippen molar-refractivity contribution in [2.24, 2.45) is 5.92 Å². The highest BCUT2D eigenvalue weighted by Gasteiger charge is 2.36. The number of Topliss-reactive ketones (excluding diaryl/α,β-unsaturated/α-hetero) is 1. The lowest BCUT2D eigenvalue weighted by Gasteiger charge is -2.40. The third-order valence-electron chi connectivity index (χ3n) is 8.17. The Bertz CT molecular complexity index is 1590. The lowest BCUT2D eigenvalue weighted by molar-refractivity contribution is -0.120. The SMILES string of the molecule is COc1ccc(C2=Cc3ccccc3C(CC(=O)C3CC3)N2c2ccc(-c3cc(OC)c(OC)c(OC)c3)cc2)cc1. The van der Waals surface area contributed by atoms with Gasteiger partial charge in [0.15, 0.2) is 11.5 Å². The number of nitrogens with zero attached hydrogens (tertiary/aromatic N) is 1. The molecule has 6 heteroatoms. The van der Waals surface area contributed by atoms with Gasteiger partial charge in [-0.3, -0.25) is 4.79 Å². The van der Waals surface area contributed by atoms with Crippen LogP contribution >= 0.6 is 0 Å². The zero-order valence-electron chi connectivity index (χ0n) is 24.4. The maximum absolute atomic E-state index is 13.3. The fraction of sp³-hybridized carbons (Fsp3) is 0.250. The van der Waals surface area contributed by atoms with E-state index in [9.17, 15) is 4.79 Å². The number of anilines is 1. The lowest BCUT2D eigenvalue weighted by Crippen LogP contribution is -2.32. The van der Waals surface area contributed by atoms with Crippen LogP contribution in [0.2, 0.25) is 0 Å². The minimum absolute atomic E-state index is 0.122. The van der Waals surface area contributed by atoms with E-state index < -0.39 is 0 Å². The summed E-state index contributed by atoms with van der Waals surface area (Å²) < 4.78 is 22.1. The molecule has 1 aliphatic heterocycles. The fourth-order valence-electron chi connectivity index (χ4n) is 5.80. The molecular formula is C36H35NO5. The summed E-state index contributed by atoms with van der Waals surface area (Å²) in [5.41, 5.74) is 7.38. The van der Waals surface area contributed by atoms with Crippen molar-refractivity contribution in [2.45, 2.75) is 25.3 Å². The second-order valence-electron chi connectivity index (χ2n) is 10.7. The van der Waals surface area contributed by atoms with Crippen molar-refractivity contribution in [3.8, 4) is 34.1 Å². The van der Waals surface area contributed by atoms with Gasteiger partial charge in [-0.2, -0.15) is 0 Å². The zero-order valence-corrected chi connectivity index (χ0v) is 24.4. The minimum Gasteiger partial charge on any atom is -0.497 e. The molecule has 1 heterocycles. The molecule has 0 spiro atoms. The first kappa shape index (κ1) is 27.5. The van der Waals surface area contributed by atoms with Crippen molar-refractivity contribution in [2.75, 3.05) is 33.3 Å². The molecule has 0 N–H and O–H groups in total.